The summed E-state index contributed by atoms with van der Waals surface area (Å²) in [5.74, 6) is -0.368. The topological polar surface area (TPSA) is 114 Å². The zero-order valence-corrected chi connectivity index (χ0v) is 17.6. The molecule has 1 aliphatic rings. The minimum atomic E-state index is -0.499. The molecule has 2 aromatic heterocycles. The molecule has 1 aliphatic heterocycles. The van der Waals surface area contributed by atoms with E-state index in [0.717, 1.165) is 35.3 Å². The molecule has 5 rings (SSSR count). The summed E-state index contributed by atoms with van der Waals surface area (Å²) in [5, 5.41) is 0. The van der Waals surface area contributed by atoms with Gasteiger partial charge in [-0.15, -0.1) is 0 Å². The van der Waals surface area contributed by atoms with Crippen LogP contribution in [-0.2, 0) is 0 Å². The van der Waals surface area contributed by atoms with Gasteiger partial charge in [0.25, 0.3) is 0 Å². The van der Waals surface area contributed by atoms with Crippen molar-refractivity contribution in [2.24, 2.45) is 11.5 Å². The maximum absolute atomic E-state index is 14.3. The molecule has 0 radical (unpaired) electrons. The maximum atomic E-state index is 14.3. The second-order valence-corrected chi connectivity index (χ2v) is 8.58. The highest BCUT2D eigenvalue weighted by Gasteiger charge is 2.33. The number of amides is 1. The van der Waals surface area contributed by atoms with Gasteiger partial charge in [0.1, 0.15) is 11.3 Å². The molecule has 7 nitrogen and oxygen atoms in total. The van der Waals surface area contributed by atoms with Crippen molar-refractivity contribution in [3.63, 3.8) is 0 Å². The molecule has 1 saturated heterocycles. The van der Waals surface area contributed by atoms with Crippen LogP contribution in [0.15, 0.2) is 54.9 Å². The van der Waals surface area contributed by atoms with Crippen LogP contribution < -0.4 is 16.4 Å². The normalized spacial score (nSPS) is 18.4. The standard InChI is InChI=1S/C24H23FN6O/c1-24(27)8-9-31(13-24)21-16(14-4-2-5-15(10-14)22(26)32)11-28-12-17(21)23-29-19-7-3-6-18(25)20(19)30-23/h2-7,10-12H,8-9,13,27H2,1H3,(H2,26,32)(H,29,30). The second-order valence-electron chi connectivity index (χ2n) is 8.58. The number of anilines is 1. The van der Waals surface area contributed by atoms with Gasteiger partial charge in [0.05, 0.1) is 16.8 Å². The Labute approximate surface area is 184 Å². The van der Waals surface area contributed by atoms with Gasteiger partial charge in [-0.05, 0) is 43.2 Å². The van der Waals surface area contributed by atoms with E-state index in [9.17, 15) is 9.18 Å². The van der Waals surface area contributed by atoms with Crippen molar-refractivity contribution in [3.8, 4) is 22.5 Å². The number of nitrogens with one attached hydrogen (secondary N) is 1. The summed E-state index contributed by atoms with van der Waals surface area (Å²) in [5.41, 5.74) is 16.1. The Balaban J connectivity index is 1.74. The number of para-hydroxylation sites is 1. The quantitative estimate of drug-likeness (QED) is 0.459. The molecule has 0 bridgehead atoms. The van der Waals surface area contributed by atoms with Crippen LogP contribution >= 0.6 is 0 Å². The lowest BCUT2D eigenvalue weighted by Crippen LogP contribution is -2.39. The van der Waals surface area contributed by atoms with Crippen molar-refractivity contribution < 1.29 is 9.18 Å². The van der Waals surface area contributed by atoms with Gasteiger partial charge < -0.3 is 21.4 Å². The summed E-state index contributed by atoms with van der Waals surface area (Å²) >= 11 is 0. The number of carbonyl (C=O) groups is 1. The largest absolute Gasteiger partial charge is 0.368 e. The molecule has 8 heteroatoms. The fourth-order valence-electron chi connectivity index (χ4n) is 4.32. The lowest BCUT2D eigenvalue weighted by Gasteiger charge is -2.26. The average molecular weight is 430 g/mol. The highest BCUT2D eigenvalue weighted by Crippen LogP contribution is 2.41. The zero-order valence-electron chi connectivity index (χ0n) is 17.6. The summed E-state index contributed by atoms with van der Waals surface area (Å²) < 4.78 is 14.3. The number of rotatable bonds is 4. The first-order valence-corrected chi connectivity index (χ1v) is 10.4. The number of nitrogens with two attached hydrogens (primary N) is 2. The van der Waals surface area contributed by atoms with Crippen molar-refractivity contribution in [2.45, 2.75) is 18.9 Å². The van der Waals surface area contributed by atoms with Gasteiger partial charge in [0.15, 0.2) is 5.82 Å². The van der Waals surface area contributed by atoms with Gasteiger partial charge >= 0.3 is 0 Å². The predicted octanol–water partition coefficient (Wildman–Crippen LogP) is 3.46. The molecule has 2 aromatic carbocycles. The molecule has 162 valence electrons. The molecule has 1 atom stereocenters. The van der Waals surface area contributed by atoms with E-state index in [4.69, 9.17) is 11.5 Å². The summed E-state index contributed by atoms with van der Waals surface area (Å²) in [6.45, 7) is 3.42. The average Bonchev–Trinajstić information content (AvgIpc) is 3.37. The minimum Gasteiger partial charge on any atom is -0.368 e. The number of carbonyl (C=O) groups excluding carboxylic acids is 1. The number of imidazole rings is 1. The van der Waals surface area contributed by atoms with Gasteiger partial charge in [-0.1, -0.05) is 18.2 Å². The van der Waals surface area contributed by atoms with Crippen LogP contribution in [0.2, 0.25) is 0 Å². The lowest BCUT2D eigenvalue weighted by molar-refractivity contribution is 0.100. The third kappa shape index (κ3) is 3.48. The molecule has 1 fully saturated rings. The number of hydrogen-bond acceptors (Lipinski definition) is 5. The van der Waals surface area contributed by atoms with Crippen LogP contribution in [0.3, 0.4) is 0 Å². The second kappa shape index (κ2) is 7.42. The van der Waals surface area contributed by atoms with E-state index in [1.807, 2.05) is 13.0 Å². The van der Waals surface area contributed by atoms with E-state index in [1.165, 1.54) is 6.07 Å². The van der Waals surface area contributed by atoms with Crippen molar-refractivity contribution in [1.82, 2.24) is 15.0 Å². The number of aromatic nitrogens is 3. The van der Waals surface area contributed by atoms with Crippen molar-refractivity contribution >= 4 is 22.6 Å². The molecule has 4 aromatic rings. The lowest BCUT2D eigenvalue weighted by atomic mass is 9.99. The highest BCUT2D eigenvalue weighted by atomic mass is 19.1. The molecular weight excluding hydrogens is 407 g/mol. The van der Waals surface area contributed by atoms with Gasteiger partial charge in [-0.3, -0.25) is 9.78 Å². The van der Waals surface area contributed by atoms with Gasteiger partial charge in [-0.2, -0.15) is 0 Å². The Hall–Kier alpha value is -3.78. The predicted molar refractivity (Wildman–Crippen MR) is 123 cm³/mol. The summed E-state index contributed by atoms with van der Waals surface area (Å²) in [4.78, 5) is 26.2. The Morgan fingerprint density at radius 3 is 2.69 bits per heavy atom. The van der Waals surface area contributed by atoms with Crippen molar-refractivity contribution in [2.75, 3.05) is 18.0 Å². The Morgan fingerprint density at radius 1 is 1.19 bits per heavy atom. The Bertz CT molecular complexity index is 1350. The van der Waals surface area contributed by atoms with Crippen LogP contribution in [0, 0.1) is 5.82 Å². The van der Waals surface area contributed by atoms with E-state index in [-0.39, 0.29) is 16.9 Å². The maximum Gasteiger partial charge on any atom is 0.248 e. The first kappa shape index (κ1) is 20.1. The fourth-order valence-corrected chi connectivity index (χ4v) is 4.32. The van der Waals surface area contributed by atoms with Gasteiger partial charge in [0.2, 0.25) is 5.91 Å². The first-order chi connectivity index (χ1) is 15.3. The van der Waals surface area contributed by atoms with E-state index in [2.05, 4.69) is 19.9 Å². The highest BCUT2D eigenvalue weighted by molar-refractivity contribution is 5.96. The van der Waals surface area contributed by atoms with E-state index in [1.54, 1.807) is 42.7 Å². The number of pyridine rings is 1. The fraction of sp³-hybridized carbons (Fsp3) is 0.208. The molecule has 0 aliphatic carbocycles. The van der Waals surface area contributed by atoms with Crippen molar-refractivity contribution in [3.05, 3.63) is 66.2 Å². The van der Waals surface area contributed by atoms with Crippen LogP contribution in [0.25, 0.3) is 33.5 Å². The van der Waals surface area contributed by atoms with Crippen LogP contribution in [0.1, 0.15) is 23.7 Å². The minimum absolute atomic E-state index is 0.277. The summed E-state index contributed by atoms with van der Waals surface area (Å²) in [6.07, 6.45) is 4.30. The smallest absolute Gasteiger partial charge is 0.248 e. The molecule has 3 heterocycles. The third-order valence-electron chi connectivity index (χ3n) is 5.92. The first-order valence-electron chi connectivity index (χ1n) is 10.4. The monoisotopic (exact) mass is 430 g/mol. The molecule has 5 N–H and O–H groups in total. The Morgan fingerprint density at radius 2 is 1.97 bits per heavy atom. The van der Waals surface area contributed by atoms with E-state index >= 15 is 0 Å². The molecule has 0 saturated carbocycles. The number of H-pyrrole nitrogens is 1. The number of benzene rings is 2. The Kier molecular flexibility index (Phi) is 4.67. The van der Waals surface area contributed by atoms with Gasteiger partial charge in [0, 0.05) is 42.1 Å². The van der Waals surface area contributed by atoms with Crippen LogP contribution in [0.4, 0.5) is 10.1 Å². The number of primary amides is 1. The molecular formula is C24H23FN6O. The molecule has 1 amide bonds. The molecule has 32 heavy (non-hydrogen) atoms. The molecule has 1 unspecified atom stereocenters. The van der Waals surface area contributed by atoms with Gasteiger partial charge in [-0.25, -0.2) is 9.37 Å². The number of hydrogen-bond donors (Lipinski definition) is 3. The summed E-state index contributed by atoms with van der Waals surface area (Å²) in [6, 6.07) is 11.9. The SMILES string of the molecule is CC1(N)CCN(c2c(-c3cccc(C(N)=O)c3)cncc2-c2nc3c(F)cccc3[nH]2)C1. The molecule has 0 spiro atoms. The zero-order chi connectivity index (χ0) is 22.5. The third-order valence-corrected chi connectivity index (χ3v) is 5.92. The van der Waals surface area contributed by atoms with E-state index in [0.29, 0.717) is 23.4 Å². The number of nitrogens with zero attached hydrogens (tertiary/aromatic N) is 3. The number of fused-ring (bicyclic) bond motifs is 1. The summed E-state index contributed by atoms with van der Waals surface area (Å²) in [7, 11) is 0. The van der Waals surface area contributed by atoms with Crippen molar-refractivity contribution in [1.29, 1.82) is 0 Å². The van der Waals surface area contributed by atoms with E-state index < -0.39 is 5.91 Å². The van der Waals surface area contributed by atoms with Crippen LogP contribution in [0.5, 0.6) is 0 Å². The number of halogens is 1. The number of aromatic amines is 1. The van der Waals surface area contributed by atoms with Crippen LogP contribution in [-0.4, -0.2) is 39.5 Å².